The van der Waals surface area contributed by atoms with Gasteiger partial charge in [0.05, 0.1) is 36.2 Å². The average Bonchev–Trinajstić information content (AvgIpc) is 2.72. The van der Waals surface area contributed by atoms with E-state index in [0.717, 1.165) is 11.8 Å². The molecule has 0 saturated carbocycles. The minimum Gasteiger partial charge on any atom is -0.465 e. The lowest BCUT2D eigenvalue weighted by Crippen LogP contribution is -2.46. The Bertz CT molecular complexity index is 1120. The summed E-state index contributed by atoms with van der Waals surface area (Å²) in [5.41, 5.74) is 0.256. The van der Waals surface area contributed by atoms with Gasteiger partial charge in [0.2, 0.25) is 0 Å². The van der Waals surface area contributed by atoms with Crippen molar-refractivity contribution in [3.8, 4) is 5.69 Å². The Kier molecular flexibility index (Phi) is 5.81. The molecule has 2 aliphatic rings. The van der Waals surface area contributed by atoms with Crippen LogP contribution in [0.15, 0.2) is 45.3 Å². The smallest absolute Gasteiger partial charge is 0.316 e. The Morgan fingerprint density at radius 2 is 2.03 bits per heavy atom. The average molecular weight is 442 g/mol. The van der Waals surface area contributed by atoms with Gasteiger partial charge in [0, 0.05) is 12.1 Å². The van der Waals surface area contributed by atoms with Gasteiger partial charge >= 0.3 is 5.97 Å². The van der Waals surface area contributed by atoms with Crippen molar-refractivity contribution in [1.29, 1.82) is 0 Å². The normalized spacial score (nSPS) is 19.3. The SMILES string of the molecule is CCOC(=O)CSc1nc2c(c(=O)n1-c1ccccc1)C(=O)[C@@H]1COC(C)(C)CC1=N2. The van der Waals surface area contributed by atoms with Gasteiger partial charge in [-0.05, 0) is 32.9 Å². The Morgan fingerprint density at radius 1 is 1.29 bits per heavy atom. The zero-order valence-corrected chi connectivity index (χ0v) is 18.4. The standard InChI is InChI=1S/C22H23N3O5S/c1-4-29-16(26)12-31-21-24-19-17(20(28)25(21)13-8-6-5-7-9-13)18(27)14-11-30-22(2,3)10-15(14)23-19/h5-9,14H,4,10-12H2,1-3H3/t14-/m1/s1. The second-order valence-corrected chi connectivity index (χ2v) is 8.87. The molecule has 162 valence electrons. The number of aromatic nitrogens is 2. The fraction of sp³-hybridized carbons (Fsp3) is 0.409. The molecular formula is C22H23N3O5S. The molecule has 0 unspecified atom stereocenters. The second kappa shape index (κ2) is 8.39. The Balaban J connectivity index is 1.84. The molecule has 1 aromatic carbocycles. The van der Waals surface area contributed by atoms with Crippen LogP contribution in [-0.2, 0) is 14.3 Å². The first-order chi connectivity index (χ1) is 14.8. The van der Waals surface area contributed by atoms with Crippen LogP contribution in [0.4, 0.5) is 5.82 Å². The monoisotopic (exact) mass is 441 g/mol. The minimum atomic E-state index is -0.572. The highest BCUT2D eigenvalue weighted by Gasteiger charge is 2.42. The third-order valence-electron chi connectivity index (χ3n) is 5.13. The van der Waals surface area contributed by atoms with Crippen LogP contribution in [-0.4, -0.2) is 51.6 Å². The fourth-order valence-corrected chi connectivity index (χ4v) is 4.48. The van der Waals surface area contributed by atoms with Gasteiger partial charge in [-0.15, -0.1) is 0 Å². The predicted octanol–water partition coefficient (Wildman–Crippen LogP) is 2.97. The summed E-state index contributed by atoms with van der Waals surface area (Å²) in [5.74, 6) is -1.21. The third kappa shape index (κ3) is 4.20. The van der Waals surface area contributed by atoms with Crippen molar-refractivity contribution in [2.24, 2.45) is 10.9 Å². The first kappa shape index (κ1) is 21.5. The summed E-state index contributed by atoms with van der Waals surface area (Å²) in [5, 5.41) is 0.282. The van der Waals surface area contributed by atoms with Gasteiger partial charge in [0.15, 0.2) is 16.8 Å². The molecule has 0 amide bonds. The molecule has 0 spiro atoms. The number of para-hydroxylation sites is 1. The molecule has 0 aliphatic carbocycles. The van der Waals surface area contributed by atoms with Gasteiger partial charge < -0.3 is 9.47 Å². The molecular weight excluding hydrogens is 418 g/mol. The topological polar surface area (TPSA) is 99.8 Å². The fourth-order valence-electron chi connectivity index (χ4n) is 3.69. The van der Waals surface area contributed by atoms with E-state index in [1.165, 1.54) is 4.57 Å². The number of hydrogen-bond donors (Lipinski definition) is 0. The summed E-state index contributed by atoms with van der Waals surface area (Å²) in [7, 11) is 0. The molecule has 1 saturated heterocycles. The van der Waals surface area contributed by atoms with Crippen LogP contribution in [0.25, 0.3) is 5.69 Å². The number of fused-ring (bicyclic) bond motifs is 2. The van der Waals surface area contributed by atoms with E-state index in [9.17, 15) is 14.4 Å². The van der Waals surface area contributed by atoms with E-state index in [-0.39, 0.29) is 41.3 Å². The van der Waals surface area contributed by atoms with Crippen LogP contribution in [0, 0.1) is 5.92 Å². The number of rotatable bonds is 5. The van der Waals surface area contributed by atoms with Gasteiger partial charge in [0.25, 0.3) is 5.56 Å². The van der Waals surface area contributed by atoms with Crippen molar-refractivity contribution in [2.75, 3.05) is 19.0 Å². The first-order valence-corrected chi connectivity index (χ1v) is 11.1. The first-order valence-electron chi connectivity index (χ1n) is 10.1. The van der Waals surface area contributed by atoms with Crippen molar-refractivity contribution >= 4 is 35.0 Å². The van der Waals surface area contributed by atoms with Crippen molar-refractivity contribution in [3.05, 3.63) is 46.2 Å². The van der Waals surface area contributed by atoms with E-state index in [2.05, 4.69) is 9.98 Å². The third-order valence-corrected chi connectivity index (χ3v) is 6.05. The molecule has 0 N–H and O–H groups in total. The van der Waals surface area contributed by atoms with E-state index < -0.39 is 23.0 Å². The second-order valence-electron chi connectivity index (χ2n) is 7.93. The molecule has 0 bridgehead atoms. The summed E-state index contributed by atoms with van der Waals surface area (Å²) in [6.07, 6.45) is 0.484. The maximum atomic E-state index is 13.5. The number of thioether (sulfide) groups is 1. The van der Waals surface area contributed by atoms with E-state index in [0.29, 0.717) is 17.8 Å². The van der Waals surface area contributed by atoms with Gasteiger partial charge in [-0.2, -0.15) is 0 Å². The summed E-state index contributed by atoms with van der Waals surface area (Å²) in [4.78, 5) is 47.7. The van der Waals surface area contributed by atoms with Crippen molar-refractivity contribution < 1.29 is 19.1 Å². The quantitative estimate of drug-likeness (QED) is 0.399. The van der Waals surface area contributed by atoms with Crippen LogP contribution in [0.2, 0.25) is 0 Å². The van der Waals surface area contributed by atoms with Crippen LogP contribution < -0.4 is 5.56 Å². The van der Waals surface area contributed by atoms with Crippen LogP contribution in [0.1, 0.15) is 37.6 Å². The van der Waals surface area contributed by atoms with E-state index >= 15 is 0 Å². The number of ketones is 1. The molecule has 1 fully saturated rings. The van der Waals surface area contributed by atoms with Crippen LogP contribution in [0.3, 0.4) is 0 Å². The number of aliphatic imine (C=N–C) groups is 1. The molecule has 8 nitrogen and oxygen atoms in total. The molecule has 2 aliphatic heterocycles. The Hall–Kier alpha value is -2.78. The molecule has 9 heteroatoms. The van der Waals surface area contributed by atoms with Gasteiger partial charge in [0.1, 0.15) is 5.56 Å². The van der Waals surface area contributed by atoms with Crippen molar-refractivity contribution in [3.63, 3.8) is 0 Å². The zero-order valence-electron chi connectivity index (χ0n) is 17.6. The van der Waals surface area contributed by atoms with Crippen LogP contribution >= 0.6 is 11.8 Å². The number of nitrogens with zero attached hydrogens (tertiary/aromatic N) is 3. The highest BCUT2D eigenvalue weighted by Crippen LogP contribution is 2.35. The lowest BCUT2D eigenvalue weighted by Gasteiger charge is -2.36. The largest absolute Gasteiger partial charge is 0.465 e. The lowest BCUT2D eigenvalue weighted by atomic mass is 9.83. The number of benzene rings is 1. The molecule has 3 heterocycles. The number of hydrogen-bond acceptors (Lipinski definition) is 8. The van der Waals surface area contributed by atoms with Gasteiger partial charge in [-0.25, -0.2) is 9.98 Å². The predicted molar refractivity (Wildman–Crippen MR) is 117 cm³/mol. The highest BCUT2D eigenvalue weighted by molar-refractivity contribution is 7.99. The molecule has 31 heavy (non-hydrogen) atoms. The van der Waals surface area contributed by atoms with E-state index in [1.807, 2.05) is 19.9 Å². The number of esters is 1. The summed E-state index contributed by atoms with van der Waals surface area (Å²) in [6, 6.07) is 8.90. The summed E-state index contributed by atoms with van der Waals surface area (Å²) >= 11 is 1.08. The maximum Gasteiger partial charge on any atom is 0.316 e. The Labute approximate surface area is 183 Å². The van der Waals surface area contributed by atoms with E-state index in [4.69, 9.17) is 9.47 Å². The molecule has 1 aromatic heterocycles. The number of carbonyl (C=O) groups excluding carboxylic acids is 2. The van der Waals surface area contributed by atoms with Gasteiger partial charge in [-0.1, -0.05) is 30.0 Å². The van der Waals surface area contributed by atoms with Crippen molar-refractivity contribution in [2.45, 2.75) is 37.9 Å². The van der Waals surface area contributed by atoms with Crippen LogP contribution in [0.5, 0.6) is 0 Å². The highest BCUT2D eigenvalue weighted by atomic mass is 32.2. The lowest BCUT2D eigenvalue weighted by molar-refractivity contribution is -0.139. The number of ether oxygens (including phenoxy) is 2. The summed E-state index contributed by atoms with van der Waals surface area (Å²) in [6.45, 7) is 6.06. The Morgan fingerprint density at radius 3 is 2.74 bits per heavy atom. The maximum absolute atomic E-state index is 13.5. The molecule has 2 aromatic rings. The summed E-state index contributed by atoms with van der Waals surface area (Å²) < 4.78 is 12.1. The van der Waals surface area contributed by atoms with Crippen molar-refractivity contribution in [1.82, 2.24) is 9.55 Å². The zero-order chi connectivity index (χ0) is 22.2. The number of Topliss-reactive ketones (excluding diaryl/α,β-unsaturated/α-hetero) is 1. The molecule has 0 radical (unpaired) electrons. The van der Waals surface area contributed by atoms with Gasteiger partial charge in [-0.3, -0.25) is 19.0 Å². The number of carbonyl (C=O) groups is 2. The molecule has 1 atom stereocenters. The minimum absolute atomic E-state index is 0.0140. The molecule has 4 rings (SSSR count). The van der Waals surface area contributed by atoms with E-state index in [1.54, 1.807) is 31.2 Å².